The molecule has 0 aliphatic carbocycles. The minimum absolute atomic E-state index is 0.168. The summed E-state index contributed by atoms with van der Waals surface area (Å²) < 4.78 is 6.01. The Morgan fingerprint density at radius 2 is 1.67 bits per heavy atom. The number of nitrogens with one attached hydrogen (secondary N) is 1. The highest BCUT2D eigenvalue weighted by atomic mass is 32.1. The van der Waals surface area contributed by atoms with Crippen LogP contribution in [0, 0.1) is 0 Å². The van der Waals surface area contributed by atoms with Gasteiger partial charge in [0, 0.05) is 5.56 Å². The zero-order chi connectivity index (χ0) is 20.9. The molecule has 0 aromatic heterocycles. The molecule has 0 atom stereocenters. The van der Waals surface area contributed by atoms with Crippen molar-refractivity contribution in [3.63, 3.8) is 0 Å². The number of thiocarbonyl (C=S) groups is 1. The molecule has 0 saturated carbocycles. The number of nitrogens with zero attached hydrogens (tertiary/aromatic N) is 1. The van der Waals surface area contributed by atoms with Crippen LogP contribution in [0.1, 0.15) is 23.6 Å². The van der Waals surface area contributed by atoms with Crippen LogP contribution in [0.3, 0.4) is 0 Å². The molecule has 3 aromatic carbocycles. The van der Waals surface area contributed by atoms with Crippen LogP contribution < -0.4 is 15.0 Å². The molecule has 4 rings (SSSR count). The van der Waals surface area contributed by atoms with E-state index in [2.05, 4.69) is 12.2 Å². The van der Waals surface area contributed by atoms with Gasteiger partial charge in [0.2, 0.25) is 0 Å². The Hall–Kier alpha value is -3.44. The third-order valence-electron chi connectivity index (χ3n) is 4.95. The average Bonchev–Trinajstić information content (AvgIpc) is 3.06. The van der Waals surface area contributed by atoms with Gasteiger partial charge in [0.15, 0.2) is 5.11 Å². The van der Waals surface area contributed by atoms with E-state index in [1.165, 1.54) is 0 Å². The summed E-state index contributed by atoms with van der Waals surface area (Å²) in [4.78, 5) is 14.7. The van der Waals surface area contributed by atoms with Gasteiger partial charge in [-0.05, 0) is 48.0 Å². The summed E-state index contributed by atoms with van der Waals surface area (Å²) in [7, 11) is 0. The second-order valence-electron chi connectivity index (χ2n) is 6.92. The maximum Gasteiger partial charge on any atom is 0.281 e. The van der Waals surface area contributed by atoms with E-state index in [-0.39, 0.29) is 5.91 Å². The first kappa shape index (κ1) is 19.9. The molecule has 0 radical (unpaired) electrons. The Labute approximate surface area is 181 Å². The molecule has 1 N–H and O–H groups in total. The summed E-state index contributed by atoms with van der Waals surface area (Å²) >= 11 is 5.47. The molecule has 1 aliphatic rings. The third kappa shape index (κ3) is 4.11. The van der Waals surface area contributed by atoms with Gasteiger partial charge in [0.1, 0.15) is 18.1 Å². The highest BCUT2D eigenvalue weighted by Gasteiger charge is 2.33. The van der Waals surface area contributed by atoms with Gasteiger partial charge in [0.05, 0.1) is 5.69 Å². The summed E-state index contributed by atoms with van der Waals surface area (Å²) in [5.41, 5.74) is 4.22. The number of hydrogen-bond acceptors (Lipinski definition) is 3. The molecule has 150 valence electrons. The van der Waals surface area contributed by atoms with Crippen molar-refractivity contribution in [2.45, 2.75) is 20.0 Å². The minimum Gasteiger partial charge on any atom is -0.488 e. The fourth-order valence-corrected chi connectivity index (χ4v) is 3.70. The number of anilines is 1. The molecule has 0 bridgehead atoms. The van der Waals surface area contributed by atoms with Crippen LogP contribution >= 0.6 is 12.2 Å². The Morgan fingerprint density at radius 1 is 0.967 bits per heavy atom. The highest BCUT2D eigenvalue weighted by Crippen LogP contribution is 2.28. The van der Waals surface area contributed by atoms with Gasteiger partial charge in [-0.25, -0.2) is 0 Å². The lowest BCUT2D eigenvalue weighted by atomic mass is 10.1. The van der Waals surface area contributed by atoms with Crippen molar-refractivity contribution in [3.8, 4) is 5.75 Å². The maximum absolute atomic E-state index is 13.1. The second kappa shape index (κ2) is 8.93. The molecule has 4 nitrogen and oxygen atoms in total. The van der Waals surface area contributed by atoms with Crippen LogP contribution in [0.5, 0.6) is 5.75 Å². The fraction of sp³-hybridized carbons (Fsp3) is 0.120. The summed E-state index contributed by atoms with van der Waals surface area (Å²) in [6.07, 6.45) is 2.61. The number of aryl methyl sites for hydroxylation is 1. The van der Waals surface area contributed by atoms with E-state index in [0.717, 1.165) is 28.8 Å². The van der Waals surface area contributed by atoms with E-state index in [1.54, 1.807) is 11.0 Å². The third-order valence-corrected chi connectivity index (χ3v) is 5.23. The summed E-state index contributed by atoms with van der Waals surface area (Å²) in [5.74, 6) is 0.542. The number of ether oxygens (including phenoxy) is 1. The smallest absolute Gasteiger partial charge is 0.281 e. The van der Waals surface area contributed by atoms with Gasteiger partial charge in [-0.1, -0.05) is 73.7 Å². The summed E-state index contributed by atoms with van der Waals surface area (Å²) in [6.45, 7) is 2.52. The normalized spacial score (nSPS) is 14.8. The lowest BCUT2D eigenvalue weighted by Crippen LogP contribution is -2.31. The topological polar surface area (TPSA) is 41.6 Å². The molecular weight excluding hydrogens is 392 g/mol. The highest BCUT2D eigenvalue weighted by molar-refractivity contribution is 7.80. The van der Waals surface area contributed by atoms with Gasteiger partial charge >= 0.3 is 0 Å². The van der Waals surface area contributed by atoms with Crippen LogP contribution in [0.25, 0.3) is 6.08 Å². The van der Waals surface area contributed by atoms with Crippen molar-refractivity contribution in [2.75, 3.05) is 4.90 Å². The first-order valence-electron chi connectivity index (χ1n) is 9.88. The standard InChI is InChI=1S/C25H22N2O2S/c1-2-19-12-6-8-14-22(19)27-24(28)21(26-25(27)30)16-20-13-7-9-15-23(20)29-17-18-10-4-3-5-11-18/h3-16H,2,17H2,1H3,(H,26,30)/b21-16+. The molecule has 1 fully saturated rings. The van der Waals surface area contributed by atoms with Crippen molar-refractivity contribution < 1.29 is 9.53 Å². The molecule has 1 heterocycles. The first-order valence-corrected chi connectivity index (χ1v) is 10.3. The van der Waals surface area contributed by atoms with E-state index in [4.69, 9.17) is 17.0 Å². The van der Waals surface area contributed by atoms with Crippen molar-refractivity contribution in [1.82, 2.24) is 5.32 Å². The largest absolute Gasteiger partial charge is 0.488 e. The SMILES string of the molecule is CCc1ccccc1N1C(=O)/C(=C\c2ccccc2OCc2ccccc2)NC1=S. The first-order chi connectivity index (χ1) is 14.7. The Kier molecular flexibility index (Phi) is 5.91. The number of carbonyl (C=O) groups excluding carboxylic acids is 1. The molecule has 0 unspecified atom stereocenters. The van der Waals surface area contributed by atoms with Gasteiger partial charge in [0.25, 0.3) is 5.91 Å². The van der Waals surface area contributed by atoms with Crippen molar-refractivity contribution >= 4 is 35.0 Å². The van der Waals surface area contributed by atoms with Crippen LogP contribution in [-0.4, -0.2) is 11.0 Å². The molecule has 0 spiro atoms. The van der Waals surface area contributed by atoms with Gasteiger partial charge in [-0.15, -0.1) is 0 Å². The van der Waals surface area contributed by atoms with E-state index < -0.39 is 0 Å². The predicted molar refractivity (Wildman–Crippen MR) is 124 cm³/mol. The Morgan fingerprint density at radius 3 is 2.47 bits per heavy atom. The molecule has 3 aromatic rings. The Bertz CT molecular complexity index is 1110. The lowest BCUT2D eigenvalue weighted by molar-refractivity contribution is -0.113. The number of amides is 1. The maximum atomic E-state index is 13.1. The zero-order valence-corrected chi connectivity index (χ0v) is 17.5. The van der Waals surface area contributed by atoms with Crippen molar-refractivity contribution in [1.29, 1.82) is 0 Å². The van der Waals surface area contributed by atoms with E-state index in [1.807, 2.05) is 78.9 Å². The average molecular weight is 415 g/mol. The number of hydrogen-bond donors (Lipinski definition) is 1. The number of benzene rings is 3. The monoisotopic (exact) mass is 414 g/mol. The second-order valence-corrected chi connectivity index (χ2v) is 7.31. The van der Waals surface area contributed by atoms with Crippen molar-refractivity contribution in [3.05, 3.63) is 101 Å². The molecular formula is C25H22N2O2S. The van der Waals surface area contributed by atoms with Crippen LogP contribution in [0.4, 0.5) is 5.69 Å². The van der Waals surface area contributed by atoms with E-state index >= 15 is 0 Å². The molecule has 1 aliphatic heterocycles. The molecule has 1 saturated heterocycles. The molecule has 1 amide bonds. The predicted octanol–water partition coefficient (Wildman–Crippen LogP) is 5.09. The van der Waals surface area contributed by atoms with E-state index in [9.17, 15) is 4.79 Å². The summed E-state index contributed by atoms with van der Waals surface area (Å²) in [6, 6.07) is 25.5. The number of carbonyl (C=O) groups is 1. The fourth-order valence-electron chi connectivity index (χ4n) is 3.40. The zero-order valence-electron chi connectivity index (χ0n) is 16.7. The number of rotatable bonds is 6. The number of para-hydroxylation sites is 2. The molecule has 5 heteroatoms. The van der Waals surface area contributed by atoms with Gasteiger partial charge in [-0.2, -0.15) is 0 Å². The lowest BCUT2D eigenvalue weighted by Gasteiger charge is -2.17. The van der Waals surface area contributed by atoms with Gasteiger partial charge in [-0.3, -0.25) is 9.69 Å². The molecule has 30 heavy (non-hydrogen) atoms. The van der Waals surface area contributed by atoms with Gasteiger partial charge < -0.3 is 10.1 Å². The van der Waals surface area contributed by atoms with E-state index in [0.29, 0.717) is 23.2 Å². The summed E-state index contributed by atoms with van der Waals surface area (Å²) in [5, 5.41) is 3.45. The Balaban J connectivity index is 1.60. The minimum atomic E-state index is -0.168. The van der Waals surface area contributed by atoms with Crippen LogP contribution in [-0.2, 0) is 17.8 Å². The van der Waals surface area contributed by atoms with Crippen LogP contribution in [0.15, 0.2) is 84.6 Å². The van der Waals surface area contributed by atoms with Crippen LogP contribution in [0.2, 0.25) is 0 Å². The quantitative estimate of drug-likeness (QED) is 0.451. The van der Waals surface area contributed by atoms with Crippen molar-refractivity contribution in [2.24, 2.45) is 0 Å².